The number of ketones is 1. The van der Waals surface area contributed by atoms with Gasteiger partial charge < -0.3 is 9.88 Å². The van der Waals surface area contributed by atoms with Gasteiger partial charge >= 0.3 is 0 Å². The van der Waals surface area contributed by atoms with Gasteiger partial charge in [0.2, 0.25) is 5.91 Å². The molecule has 0 spiro atoms. The lowest BCUT2D eigenvalue weighted by atomic mass is 10.0. The Hall–Kier alpha value is -2.58. The highest BCUT2D eigenvalue weighted by Crippen LogP contribution is 2.16. The number of aromatic nitrogens is 2. The van der Waals surface area contributed by atoms with E-state index in [9.17, 15) is 14.4 Å². The number of amides is 1. The number of carbonyl (C=O) groups excluding carboxylic acids is 2. The molecule has 1 fully saturated rings. The number of H-pyrrole nitrogens is 1. The van der Waals surface area contributed by atoms with Crippen molar-refractivity contribution >= 4 is 46.1 Å². The third-order valence-electron chi connectivity index (χ3n) is 5.46. The summed E-state index contributed by atoms with van der Waals surface area (Å²) < 4.78 is 1.87. The Bertz CT molecular complexity index is 1190. The van der Waals surface area contributed by atoms with Crippen molar-refractivity contribution in [3.8, 4) is 0 Å². The van der Waals surface area contributed by atoms with Crippen LogP contribution in [-0.4, -0.2) is 39.2 Å². The highest BCUT2D eigenvalue weighted by atomic mass is 32.1. The molecular formula is C22H23N3O3S2. The molecule has 1 aliphatic heterocycles. The van der Waals surface area contributed by atoms with Crippen LogP contribution in [0.15, 0.2) is 40.5 Å². The van der Waals surface area contributed by atoms with Gasteiger partial charge in [0.1, 0.15) is 0 Å². The standard InChI is InChI=1S/C22H23N3O3S2/c26-19(9-7-16-4-2-13-30-16)15-6-8-17-18(14-15)23-22(29)25(21(17)28)12-3-11-24-10-1-5-20(24)27/h2,4,6,8,13-14H,1,3,5,7,9-12H2,(H,23,29). The van der Waals surface area contributed by atoms with E-state index in [2.05, 4.69) is 4.98 Å². The van der Waals surface area contributed by atoms with E-state index in [1.165, 1.54) is 9.44 Å². The van der Waals surface area contributed by atoms with Gasteiger partial charge in [0, 0.05) is 42.9 Å². The monoisotopic (exact) mass is 441 g/mol. The largest absolute Gasteiger partial charge is 0.343 e. The Labute approximate surface area is 183 Å². The zero-order valence-corrected chi connectivity index (χ0v) is 18.2. The first kappa shape index (κ1) is 20.7. The second-order valence-corrected chi connectivity index (χ2v) is 8.91. The number of fused-ring (bicyclic) bond motifs is 1. The quantitative estimate of drug-likeness (QED) is 0.424. The topological polar surface area (TPSA) is 75.2 Å². The average Bonchev–Trinajstić information content (AvgIpc) is 3.40. The number of benzene rings is 1. The fraction of sp³-hybridized carbons (Fsp3) is 0.364. The Morgan fingerprint density at radius 1 is 1.20 bits per heavy atom. The SMILES string of the molecule is O=C(CCc1cccs1)c1ccc2c(=O)n(CCCN3CCCC3=O)c(=S)[nH]c2c1. The number of nitrogens with zero attached hydrogens (tertiary/aromatic N) is 2. The number of likely N-dealkylation sites (tertiary alicyclic amines) is 1. The molecule has 0 unspecified atom stereocenters. The van der Waals surface area contributed by atoms with E-state index in [1.54, 1.807) is 29.5 Å². The fourth-order valence-corrected chi connectivity index (χ4v) is 4.82. The van der Waals surface area contributed by atoms with E-state index < -0.39 is 0 Å². The van der Waals surface area contributed by atoms with E-state index in [4.69, 9.17) is 12.2 Å². The number of hydrogen-bond acceptors (Lipinski definition) is 5. The van der Waals surface area contributed by atoms with Crippen molar-refractivity contribution in [2.45, 2.75) is 38.6 Å². The first-order valence-electron chi connectivity index (χ1n) is 10.1. The van der Waals surface area contributed by atoms with Crippen LogP contribution in [0.2, 0.25) is 0 Å². The molecule has 8 heteroatoms. The van der Waals surface area contributed by atoms with Crippen molar-refractivity contribution < 1.29 is 9.59 Å². The van der Waals surface area contributed by atoms with Gasteiger partial charge in [-0.1, -0.05) is 12.1 Å². The third-order valence-corrected chi connectivity index (χ3v) is 6.72. The van der Waals surface area contributed by atoms with Gasteiger partial charge in [-0.2, -0.15) is 0 Å². The van der Waals surface area contributed by atoms with Crippen molar-refractivity contribution in [1.82, 2.24) is 14.5 Å². The predicted octanol–water partition coefficient (Wildman–Crippen LogP) is 3.95. The van der Waals surface area contributed by atoms with Gasteiger partial charge in [-0.3, -0.25) is 19.0 Å². The molecule has 0 atom stereocenters. The summed E-state index contributed by atoms with van der Waals surface area (Å²) in [5.41, 5.74) is 0.992. The molecule has 3 aromatic rings. The molecule has 30 heavy (non-hydrogen) atoms. The lowest BCUT2D eigenvalue weighted by Gasteiger charge is -2.16. The fourth-order valence-electron chi connectivity index (χ4n) is 3.83. The summed E-state index contributed by atoms with van der Waals surface area (Å²) >= 11 is 7.04. The molecule has 0 bridgehead atoms. The normalized spacial score (nSPS) is 14.0. The predicted molar refractivity (Wildman–Crippen MR) is 121 cm³/mol. The Morgan fingerprint density at radius 2 is 2.07 bits per heavy atom. The van der Waals surface area contributed by atoms with E-state index in [0.29, 0.717) is 60.0 Å². The van der Waals surface area contributed by atoms with Gasteiger partial charge in [-0.05, 0) is 55.1 Å². The minimum absolute atomic E-state index is 0.0454. The summed E-state index contributed by atoms with van der Waals surface area (Å²) in [5.74, 6) is 0.228. The van der Waals surface area contributed by atoms with Crippen LogP contribution in [0.4, 0.5) is 0 Å². The Kier molecular flexibility index (Phi) is 6.24. The summed E-state index contributed by atoms with van der Waals surface area (Å²) in [6.45, 7) is 1.88. The first-order valence-corrected chi connectivity index (χ1v) is 11.4. The molecule has 1 saturated heterocycles. The molecule has 6 nitrogen and oxygen atoms in total. The molecule has 2 aromatic heterocycles. The van der Waals surface area contributed by atoms with Crippen molar-refractivity contribution in [3.05, 3.63) is 61.3 Å². The van der Waals surface area contributed by atoms with Gasteiger partial charge in [0.15, 0.2) is 10.6 Å². The van der Waals surface area contributed by atoms with Crippen LogP contribution in [0.25, 0.3) is 10.9 Å². The maximum atomic E-state index is 12.9. The van der Waals surface area contributed by atoms with Gasteiger partial charge in [0.25, 0.3) is 5.56 Å². The molecule has 1 aromatic carbocycles. The van der Waals surface area contributed by atoms with Crippen molar-refractivity contribution in [2.75, 3.05) is 13.1 Å². The number of Topliss-reactive ketones (excluding diaryl/α,β-unsaturated/α-hetero) is 1. The molecule has 1 amide bonds. The number of aryl methyl sites for hydroxylation is 1. The van der Waals surface area contributed by atoms with Crippen LogP contribution in [0.3, 0.4) is 0 Å². The lowest BCUT2D eigenvalue weighted by Crippen LogP contribution is -2.28. The van der Waals surface area contributed by atoms with E-state index in [0.717, 1.165) is 13.0 Å². The summed E-state index contributed by atoms with van der Waals surface area (Å²) in [6, 6.07) is 9.13. The van der Waals surface area contributed by atoms with Crippen molar-refractivity contribution in [1.29, 1.82) is 0 Å². The summed E-state index contributed by atoms with van der Waals surface area (Å²) in [4.78, 5) is 43.3. The number of carbonyl (C=O) groups is 2. The van der Waals surface area contributed by atoms with Crippen LogP contribution in [0, 0.1) is 4.77 Å². The lowest BCUT2D eigenvalue weighted by molar-refractivity contribution is -0.127. The Morgan fingerprint density at radius 3 is 2.80 bits per heavy atom. The smallest absolute Gasteiger partial charge is 0.262 e. The van der Waals surface area contributed by atoms with Crippen LogP contribution in [-0.2, 0) is 17.8 Å². The molecule has 0 aliphatic carbocycles. The van der Waals surface area contributed by atoms with Gasteiger partial charge in [0.05, 0.1) is 10.9 Å². The summed E-state index contributed by atoms with van der Waals surface area (Å²) in [6.07, 6.45) is 3.34. The average molecular weight is 442 g/mol. The molecule has 1 N–H and O–H groups in total. The van der Waals surface area contributed by atoms with Crippen LogP contribution in [0.1, 0.15) is 40.9 Å². The second kappa shape index (κ2) is 9.06. The molecule has 156 valence electrons. The molecular weight excluding hydrogens is 418 g/mol. The van der Waals surface area contributed by atoms with Crippen molar-refractivity contribution in [2.24, 2.45) is 0 Å². The van der Waals surface area contributed by atoms with Gasteiger partial charge in [-0.25, -0.2) is 0 Å². The van der Waals surface area contributed by atoms with Crippen LogP contribution < -0.4 is 5.56 Å². The summed E-state index contributed by atoms with van der Waals surface area (Å²) in [5, 5.41) is 2.51. The Balaban J connectivity index is 1.49. The highest BCUT2D eigenvalue weighted by molar-refractivity contribution is 7.71. The van der Waals surface area contributed by atoms with Crippen LogP contribution >= 0.6 is 23.6 Å². The maximum Gasteiger partial charge on any atom is 0.262 e. The summed E-state index contributed by atoms with van der Waals surface area (Å²) in [7, 11) is 0. The molecule has 0 radical (unpaired) electrons. The zero-order chi connectivity index (χ0) is 21.1. The molecule has 1 aliphatic rings. The van der Waals surface area contributed by atoms with Crippen LogP contribution in [0.5, 0.6) is 0 Å². The number of aromatic amines is 1. The number of hydrogen-bond donors (Lipinski definition) is 1. The number of nitrogens with one attached hydrogen (secondary N) is 1. The number of rotatable bonds is 8. The second-order valence-electron chi connectivity index (χ2n) is 7.49. The van der Waals surface area contributed by atoms with E-state index in [-0.39, 0.29) is 17.2 Å². The maximum absolute atomic E-state index is 12.9. The third kappa shape index (κ3) is 4.44. The molecule has 0 saturated carbocycles. The molecule has 4 rings (SSSR count). The minimum Gasteiger partial charge on any atom is -0.343 e. The molecule has 3 heterocycles. The van der Waals surface area contributed by atoms with E-state index in [1.807, 2.05) is 22.4 Å². The van der Waals surface area contributed by atoms with Crippen molar-refractivity contribution in [3.63, 3.8) is 0 Å². The highest BCUT2D eigenvalue weighted by Gasteiger charge is 2.19. The zero-order valence-electron chi connectivity index (χ0n) is 16.6. The first-order chi connectivity index (χ1) is 14.5. The minimum atomic E-state index is -0.168. The number of thiophene rings is 1. The van der Waals surface area contributed by atoms with E-state index >= 15 is 0 Å². The van der Waals surface area contributed by atoms with Gasteiger partial charge in [-0.15, -0.1) is 11.3 Å².